The number of carbonyl (C=O) groups is 4. The Hall–Kier alpha value is -1.94. The minimum Gasteiger partial charge on any atom is -0.462 e. The minimum atomic E-state index is -4.96. The highest BCUT2D eigenvalue weighted by atomic mass is 31.2. The summed E-state index contributed by atoms with van der Waals surface area (Å²) in [4.78, 5) is 72.9. The normalized spacial score (nSPS) is 14.2. The van der Waals surface area contributed by atoms with Gasteiger partial charge in [-0.1, -0.05) is 369 Å². The molecule has 19 heteroatoms. The number of hydrogen-bond donors (Lipinski definition) is 3. The van der Waals surface area contributed by atoms with Crippen molar-refractivity contribution in [2.75, 3.05) is 39.6 Å². The van der Waals surface area contributed by atoms with Crippen LogP contribution in [0.3, 0.4) is 0 Å². The fraction of sp³-hybridized carbons (Fsp3) is 0.949. The summed E-state index contributed by atoms with van der Waals surface area (Å²) < 4.78 is 68.6. The van der Waals surface area contributed by atoms with Gasteiger partial charge in [-0.05, 0) is 31.6 Å². The third-order valence-corrected chi connectivity index (χ3v) is 20.8. The first-order chi connectivity index (χ1) is 47.6. The maximum absolute atomic E-state index is 13.1. The van der Waals surface area contributed by atoms with Crippen LogP contribution in [0.5, 0.6) is 0 Å². The lowest BCUT2D eigenvalue weighted by Gasteiger charge is -2.21. The zero-order valence-electron chi connectivity index (χ0n) is 63.9. The molecule has 0 radical (unpaired) electrons. The van der Waals surface area contributed by atoms with Crippen LogP contribution in [0.2, 0.25) is 0 Å². The van der Waals surface area contributed by atoms with Crippen molar-refractivity contribution in [3.8, 4) is 0 Å². The SMILES string of the molecule is CCCCCCCCCCCCCCCCCCCCCCCC(=O)O[C@H](COC(=O)CCCCCCCCCCCCCCCCC)COP(=O)(O)OC[C@@H](O)COP(=O)(O)OC[C@@H](COC(=O)CCCCCCCCCCCC)OC(=O)CCCCCCCCCCC(C)CC. The highest BCUT2D eigenvalue weighted by molar-refractivity contribution is 7.47. The first-order valence-corrected chi connectivity index (χ1v) is 44.2. The van der Waals surface area contributed by atoms with Gasteiger partial charge in [0, 0.05) is 25.7 Å². The van der Waals surface area contributed by atoms with Crippen molar-refractivity contribution in [2.45, 2.75) is 438 Å². The summed E-state index contributed by atoms with van der Waals surface area (Å²) in [5, 5.41) is 10.6. The zero-order chi connectivity index (χ0) is 71.9. The van der Waals surface area contributed by atoms with Gasteiger partial charge >= 0.3 is 39.5 Å². The third-order valence-electron chi connectivity index (χ3n) is 18.9. The Labute approximate surface area is 600 Å². The average molecular weight is 1440 g/mol. The van der Waals surface area contributed by atoms with Crippen molar-refractivity contribution >= 4 is 39.5 Å². The molecular weight excluding hydrogens is 1280 g/mol. The fourth-order valence-corrected chi connectivity index (χ4v) is 13.8. The van der Waals surface area contributed by atoms with Gasteiger partial charge in [-0.2, -0.15) is 0 Å². The van der Waals surface area contributed by atoms with Gasteiger partial charge in [0.15, 0.2) is 12.2 Å². The topological polar surface area (TPSA) is 237 Å². The van der Waals surface area contributed by atoms with E-state index in [1.54, 1.807) is 0 Å². The van der Waals surface area contributed by atoms with Gasteiger partial charge < -0.3 is 33.8 Å². The molecule has 0 heterocycles. The number of aliphatic hydroxyl groups excluding tert-OH is 1. The van der Waals surface area contributed by atoms with E-state index < -0.39 is 97.5 Å². The predicted octanol–water partition coefficient (Wildman–Crippen LogP) is 23.6. The zero-order valence-corrected chi connectivity index (χ0v) is 65.7. The van der Waals surface area contributed by atoms with Gasteiger partial charge in [0.05, 0.1) is 26.4 Å². The predicted molar refractivity (Wildman–Crippen MR) is 400 cm³/mol. The number of unbranched alkanes of at least 4 members (excludes halogenated alkanes) is 50. The smallest absolute Gasteiger partial charge is 0.462 e. The van der Waals surface area contributed by atoms with Crippen LogP contribution in [0.1, 0.15) is 420 Å². The Kier molecular flexibility index (Phi) is 70.6. The molecule has 0 rings (SSSR count). The first kappa shape index (κ1) is 96.1. The molecule has 98 heavy (non-hydrogen) atoms. The van der Waals surface area contributed by atoms with Gasteiger partial charge in [-0.3, -0.25) is 37.3 Å². The van der Waals surface area contributed by atoms with Crippen molar-refractivity contribution in [1.29, 1.82) is 0 Å². The molecule has 3 N–H and O–H groups in total. The van der Waals surface area contributed by atoms with Crippen molar-refractivity contribution in [3.05, 3.63) is 0 Å². The van der Waals surface area contributed by atoms with Crippen LogP contribution in [-0.4, -0.2) is 96.7 Å². The molecule has 0 amide bonds. The standard InChI is InChI=1S/C79H154O17P2/c1-6-10-13-16-19-22-25-27-29-30-31-32-33-34-36-38-40-43-49-54-59-64-78(83)95-74(68-90-77(82)63-58-53-48-42-39-37-35-28-26-23-20-17-14-11-7-2)70-93-97(85,86)91-66-73(80)67-92-98(87,88)94-71-75(69-89-76(81)62-57-52-47-41-24-21-18-15-12-8-3)96-79(84)65-60-55-50-45-44-46-51-56-61-72(5)9-4/h72-75,80H,6-71H2,1-5H3,(H,85,86)(H,87,88)/t72?,73-,74-,75-/m1/s1. The second kappa shape index (κ2) is 72.0. The molecule has 0 saturated carbocycles. The summed E-state index contributed by atoms with van der Waals surface area (Å²) in [6, 6.07) is 0. The quantitative estimate of drug-likeness (QED) is 0.0222. The van der Waals surface area contributed by atoms with Crippen LogP contribution in [0.25, 0.3) is 0 Å². The molecule has 0 aliphatic rings. The molecule has 582 valence electrons. The first-order valence-electron chi connectivity index (χ1n) is 41.2. The van der Waals surface area contributed by atoms with Gasteiger partial charge in [0.2, 0.25) is 0 Å². The van der Waals surface area contributed by atoms with E-state index in [0.717, 1.165) is 95.8 Å². The maximum atomic E-state index is 13.1. The molecule has 6 atom stereocenters. The van der Waals surface area contributed by atoms with E-state index in [9.17, 15) is 43.2 Å². The van der Waals surface area contributed by atoms with Gasteiger partial charge in [0.25, 0.3) is 0 Å². The highest BCUT2D eigenvalue weighted by Crippen LogP contribution is 2.45. The van der Waals surface area contributed by atoms with Gasteiger partial charge in [-0.15, -0.1) is 0 Å². The second-order valence-corrected chi connectivity index (χ2v) is 31.6. The molecule has 0 aromatic carbocycles. The molecule has 3 unspecified atom stereocenters. The lowest BCUT2D eigenvalue weighted by Crippen LogP contribution is -2.30. The Balaban J connectivity index is 5.21. The summed E-state index contributed by atoms with van der Waals surface area (Å²) in [5.41, 5.74) is 0. The molecule has 0 aromatic heterocycles. The Morgan fingerprint density at radius 2 is 0.490 bits per heavy atom. The van der Waals surface area contributed by atoms with Crippen LogP contribution in [-0.2, 0) is 65.4 Å². The van der Waals surface area contributed by atoms with Crippen molar-refractivity contribution in [2.24, 2.45) is 5.92 Å². The van der Waals surface area contributed by atoms with Crippen LogP contribution in [0.15, 0.2) is 0 Å². The number of phosphoric acid groups is 2. The average Bonchev–Trinajstić information content (AvgIpc) is 1.34. The van der Waals surface area contributed by atoms with Crippen LogP contribution in [0.4, 0.5) is 0 Å². The molecule has 0 aromatic rings. The third kappa shape index (κ3) is 71.1. The van der Waals surface area contributed by atoms with Gasteiger partial charge in [0.1, 0.15) is 19.3 Å². The van der Waals surface area contributed by atoms with Crippen LogP contribution >= 0.6 is 15.6 Å². The Morgan fingerprint density at radius 1 is 0.286 bits per heavy atom. The van der Waals surface area contributed by atoms with Crippen LogP contribution < -0.4 is 0 Å². The number of phosphoric ester groups is 2. The fourth-order valence-electron chi connectivity index (χ4n) is 12.2. The number of ether oxygens (including phenoxy) is 4. The number of rotatable bonds is 79. The minimum absolute atomic E-state index is 0.106. The molecule has 17 nitrogen and oxygen atoms in total. The maximum Gasteiger partial charge on any atom is 0.472 e. The summed E-state index contributed by atoms with van der Waals surface area (Å²) in [7, 11) is -9.91. The molecule has 0 bridgehead atoms. The molecule has 0 aliphatic carbocycles. The monoisotopic (exact) mass is 1440 g/mol. The van der Waals surface area contributed by atoms with E-state index >= 15 is 0 Å². The van der Waals surface area contributed by atoms with E-state index in [1.807, 2.05) is 0 Å². The highest BCUT2D eigenvalue weighted by Gasteiger charge is 2.30. The Morgan fingerprint density at radius 3 is 0.724 bits per heavy atom. The van der Waals surface area contributed by atoms with Gasteiger partial charge in [-0.25, -0.2) is 9.13 Å². The number of hydrogen-bond acceptors (Lipinski definition) is 15. The lowest BCUT2D eigenvalue weighted by molar-refractivity contribution is -0.161. The van der Waals surface area contributed by atoms with E-state index in [-0.39, 0.29) is 25.7 Å². The van der Waals surface area contributed by atoms with E-state index in [1.165, 1.54) is 244 Å². The molecule has 0 aliphatic heterocycles. The van der Waals surface area contributed by atoms with E-state index in [0.29, 0.717) is 25.7 Å². The van der Waals surface area contributed by atoms with Crippen molar-refractivity contribution < 1.29 is 80.2 Å². The largest absolute Gasteiger partial charge is 0.472 e. The van der Waals surface area contributed by atoms with E-state index in [4.69, 9.17) is 37.0 Å². The summed E-state index contributed by atoms with van der Waals surface area (Å²) >= 11 is 0. The van der Waals surface area contributed by atoms with Crippen molar-refractivity contribution in [1.82, 2.24) is 0 Å². The van der Waals surface area contributed by atoms with Crippen molar-refractivity contribution in [3.63, 3.8) is 0 Å². The lowest BCUT2D eigenvalue weighted by atomic mass is 9.99. The Bertz CT molecular complexity index is 1880. The second-order valence-electron chi connectivity index (χ2n) is 28.7. The molecule has 0 saturated heterocycles. The molecule has 0 fully saturated rings. The summed E-state index contributed by atoms with van der Waals surface area (Å²) in [6.07, 6.45) is 62.4. The molecular formula is C79H154O17P2. The number of esters is 4. The number of carbonyl (C=O) groups excluding carboxylic acids is 4. The summed E-state index contributed by atoms with van der Waals surface area (Å²) in [6.45, 7) is 7.30. The number of aliphatic hydroxyl groups is 1. The molecule has 0 spiro atoms. The van der Waals surface area contributed by atoms with E-state index in [2.05, 4.69) is 34.6 Å². The van der Waals surface area contributed by atoms with Crippen LogP contribution in [0, 0.1) is 5.92 Å². The summed E-state index contributed by atoms with van der Waals surface area (Å²) in [5.74, 6) is -1.34.